The Hall–Kier alpha value is -2.07. The van der Waals surface area contributed by atoms with Crippen LogP contribution in [0.25, 0.3) is 0 Å². The van der Waals surface area contributed by atoms with Gasteiger partial charge in [0.1, 0.15) is 11.9 Å². The van der Waals surface area contributed by atoms with Crippen molar-refractivity contribution in [1.29, 1.82) is 0 Å². The number of carbonyl (C=O) groups excluding carboxylic acids is 2. The lowest BCUT2D eigenvalue weighted by atomic mass is 10.0. The first-order chi connectivity index (χ1) is 12.9. The van der Waals surface area contributed by atoms with Crippen LogP contribution in [-0.4, -0.2) is 56.4 Å². The zero-order valence-electron chi connectivity index (χ0n) is 15.0. The zero-order valence-corrected chi connectivity index (χ0v) is 15.8. The number of carboxylic acid groups (broad SMARTS) is 1. The Morgan fingerprint density at radius 3 is 2.89 bits per heavy atom. The van der Waals surface area contributed by atoms with Gasteiger partial charge in [-0.05, 0) is 25.0 Å². The first kappa shape index (κ1) is 19.7. The zero-order chi connectivity index (χ0) is 19.4. The molecule has 3 heterocycles. The van der Waals surface area contributed by atoms with Crippen LogP contribution in [0.2, 0.25) is 0 Å². The van der Waals surface area contributed by atoms with Crippen LogP contribution in [0.1, 0.15) is 48.8 Å². The van der Waals surface area contributed by atoms with Crippen molar-refractivity contribution in [3.05, 3.63) is 17.2 Å². The van der Waals surface area contributed by atoms with E-state index in [1.165, 1.54) is 12.2 Å². The van der Waals surface area contributed by atoms with E-state index in [-0.39, 0.29) is 12.8 Å². The third-order valence-electron chi connectivity index (χ3n) is 4.96. The Labute approximate surface area is 161 Å². The number of hydrogen-bond donors (Lipinski definition) is 5. The molecule has 1 unspecified atom stereocenters. The molecule has 1 fully saturated rings. The van der Waals surface area contributed by atoms with E-state index in [1.54, 1.807) is 0 Å². The Morgan fingerprint density at radius 1 is 1.41 bits per heavy atom. The van der Waals surface area contributed by atoms with Gasteiger partial charge in [0.25, 0.3) is 0 Å². The molecule has 148 valence electrons. The summed E-state index contributed by atoms with van der Waals surface area (Å²) in [5.74, 6) is 1.48. The predicted molar refractivity (Wildman–Crippen MR) is 100 cm³/mol. The molecule has 2 amide bonds. The number of imidazole rings is 1. The van der Waals surface area contributed by atoms with E-state index in [0.29, 0.717) is 18.9 Å². The molecule has 1 aromatic rings. The Morgan fingerprint density at radius 2 is 2.22 bits per heavy atom. The van der Waals surface area contributed by atoms with Gasteiger partial charge >= 0.3 is 5.97 Å². The van der Waals surface area contributed by atoms with Crippen molar-refractivity contribution < 1.29 is 19.5 Å². The minimum absolute atomic E-state index is 0.0275. The van der Waals surface area contributed by atoms with Crippen molar-refractivity contribution in [2.75, 3.05) is 11.5 Å². The number of rotatable bonds is 7. The molecule has 3 rings (SSSR count). The van der Waals surface area contributed by atoms with Crippen LogP contribution in [0.3, 0.4) is 0 Å². The second kappa shape index (κ2) is 8.75. The summed E-state index contributed by atoms with van der Waals surface area (Å²) in [6.07, 6.45) is 2.59. The Bertz CT molecular complexity index is 716. The van der Waals surface area contributed by atoms with Gasteiger partial charge in [0.05, 0.1) is 17.4 Å². The number of hydrogen-bond acceptors (Lipinski definition) is 6. The molecule has 27 heavy (non-hydrogen) atoms. The van der Waals surface area contributed by atoms with Gasteiger partial charge in [-0.2, -0.15) is 11.8 Å². The fourth-order valence-electron chi connectivity index (χ4n) is 3.42. The molecule has 0 radical (unpaired) electrons. The van der Waals surface area contributed by atoms with Crippen LogP contribution >= 0.6 is 11.8 Å². The van der Waals surface area contributed by atoms with E-state index in [0.717, 1.165) is 29.4 Å². The quantitative estimate of drug-likeness (QED) is 0.431. The maximum absolute atomic E-state index is 12.5. The molecule has 9 nitrogen and oxygen atoms in total. The van der Waals surface area contributed by atoms with Crippen LogP contribution in [-0.2, 0) is 27.3 Å². The summed E-state index contributed by atoms with van der Waals surface area (Å²) in [6.45, 7) is 0.485. The van der Waals surface area contributed by atoms with Crippen LogP contribution in [0.4, 0.5) is 0 Å². The predicted octanol–water partition coefficient (Wildman–Crippen LogP) is -0.130. The molecule has 1 saturated heterocycles. The summed E-state index contributed by atoms with van der Waals surface area (Å²) in [6, 6.07) is -1.69. The highest BCUT2D eigenvalue weighted by atomic mass is 32.2. The summed E-state index contributed by atoms with van der Waals surface area (Å²) in [5.41, 5.74) is 6.92. The maximum atomic E-state index is 12.5. The van der Waals surface area contributed by atoms with Crippen molar-refractivity contribution in [2.24, 2.45) is 5.73 Å². The van der Waals surface area contributed by atoms with E-state index >= 15 is 0 Å². The number of nitrogens with one attached hydrogen (secondary N) is 3. The number of thioether (sulfide) groups is 1. The van der Waals surface area contributed by atoms with Crippen molar-refractivity contribution in [3.63, 3.8) is 0 Å². The third-order valence-corrected chi connectivity index (χ3v) is 6.18. The molecule has 2 aliphatic heterocycles. The fraction of sp³-hybridized carbons (Fsp3) is 0.647. The number of primary amides is 1. The average Bonchev–Trinajstić information content (AvgIpc) is 3.08. The number of H-pyrrole nitrogens is 1. The molecule has 2 aliphatic rings. The number of aromatic amines is 1. The minimum atomic E-state index is -1.18. The van der Waals surface area contributed by atoms with Crippen molar-refractivity contribution >= 4 is 29.5 Å². The molecule has 0 aromatic carbocycles. The Kier molecular flexibility index (Phi) is 6.38. The van der Waals surface area contributed by atoms with Gasteiger partial charge in [-0.1, -0.05) is 0 Å². The molecule has 10 heteroatoms. The summed E-state index contributed by atoms with van der Waals surface area (Å²) < 4.78 is 0. The molecule has 0 bridgehead atoms. The first-order valence-electron chi connectivity index (χ1n) is 9.14. The lowest BCUT2D eigenvalue weighted by Crippen LogP contribution is -2.52. The average molecular weight is 395 g/mol. The second-order valence-corrected chi connectivity index (χ2v) is 8.15. The lowest BCUT2D eigenvalue weighted by molar-refractivity contribution is -0.142. The number of amides is 2. The van der Waals surface area contributed by atoms with Crippen molar-refractivity contribution in [3.8, 4) is 0 Å². The summed E-state index contributed by atoms with van der Waals surface area (Å²) in [4.78, 5) is 42.8. The normalized spacial score (nSPS) is 23.3. The summed E-state index contributed by atoms with van der Waals surface area (Å²) in [5, 5.41) is 14.9. The highest BCUT2D eigenvalue weighted by molar-refractivity contribution is 7.99. The summed E-state index contributed by atoms with van der Waals surface area (Å²) >= 11 is 1.94. The van der Waals surface area contributed by atoms with Crippen LogP contribution in [0.5, 0.6) is 0 Å². The highest BCUT2D eigenvalue weighted by Crippen LogP contribution is 2.30. The fourth-order valence-corrected chi connectivity index (χ4v) is 4.57. The molecule has 0 saturated carbocycles. The Balaban J connectivity index is 1.60. The number of fused-ring (bicyclic) bond motifs is 1. The summed E-state index contributed by atoms with van der Waals surface area (Å²) in [7, 11) is 0. The van der Waals surface area contributed by atoms with Gasteiger partial charge in [-0.3, -0.25) is 14.9 Å². The van der Waals surface area contributed by atoms with Gasteiger partial charge in [0.15, 0.2) is 0 Å². The van der Waals surface area contributed by atoms with Crippen molar-refractivity contribution in [1.82, 2.24) is 20.6 Å². The number of carboxylic acids is 1. The monoisotopic (exact) mass is 395 g/mol. The maximum Gasteiger partial charge on any atom is 0.326 e. The lowest BCUT2D eigenvalue weighted by Gasteiger charge is -2.24. The number of aromatic nitrogens is 2. The van der Waals surface area contributed by atoms with E-state index < -0.39 is 29.9 Å². The van der Waals surface area contributed by atoms with Gasteiger partial charge < -0.3 is 21.1 Å². The van der Waals surface area contributed by atoms with Crippen LogP contribution < -0.4 is 16.4 Å². The van der Waals surface area contributed by atoms with Gasteiger partial charge in [-0.15, -0.1) is 0 Å². The first-order valence-corrected chi connectivity index (χ1v) is 10.3. The largest absolute Gasteiger partial charge is 0.480 e. The minimum Gasteiger partial charge on any atom is -0.480 e. The second-order valence-electron chi connectivity index (χ2n) is 7.00. The van der Waals surface area contributed by atoms with Crippen molar-refractivity contribution in [2.45, 2.75) is 56.7 Å². The van der Waals surface area contributed by atoms with E-state index in [9.17, 15) is 19.5 Å². The smallest absolute Gasteiger partial charge is 0.326 e. The molecular formula is C17H25N5O4S. The third kappa shape index (κ3) is 5.01. The number of aliphatic carboxylic acids is 1. The molecule has 0 spiro atoms. The number of nitrogens with zero attached hydrogens (tertiary/aromatic N) is 1. The highest BCUT2D eigenvalue weighted by Gasteiger charge is 2.31. The van der Waals surface area contributed by atoms with E-state index in [2.05, 4.69) is 15.6 Å². The SMILES string of the molecule is NC(=O)CC[C@H](NC(=O)[C@@H]1Cc2nc(C3CCCSC3)[nH]c2CN1)C(=O)O. The van der Waals surface area contributed by atoms with Gasteiger partial charge in [-0.25, -0.2) is 9.78 Å². The number of nitrogens with two attached hydrogens (primary N) is 1. The van der Waals surface area contributed by atoms with Gasteiger partial charge in [0.2, 0.25) is 11.8 Å². The topological polar surface area (TPSA) is 150 Å². The molecule has 6 N–H and O–H groups in total. The molecule has 3 atom stereocenters. The van der Waals surface area contributed by atoms with Gasteiger partial charge in [0, 0.05) is 31.1 Å². The molecule has 0 aliphatic carbocycles. The van der Waals surface area contributed by atoms with Crippen LogP contribution in [0, 0.1) is 0 Å². The van der Waals surface area contributed by atoms with E-state index in [4.69, 9.17) is 10.7 Å². The standard InChI is InChI=1S/C17H25N5O4S/c18-14(23)4-3-10(17(25)26)22-16(24)12-6-11-13(7-19-12)21-15(20-11)9-2-1-5-27-8-9/h9-10,12,19H,1-8H2,(H2,18,23)(H,20,21)(H,22,24)(H,25,26)/t9?,10-,12-/m0/s1. The molecule has 1 aromatic heterocycles. The number of carbonyl (C=O) groups is 3. The van der Waals surface area contributed by atoms with E-state index in [1.807, 2.05) is 11.8 Å². The van der Waals surface area contributed by atoms with Crippen LogP contribution in [0.15, 0.2) is 0 Å². The molecular weight excluding hydrogens is 370 g/mol.